The van der Waals surface area contributed by atoms with E-state index >= 15 is 0 Å². The van der Waals surface area contributed by atoms with Gasteiger partial charge in [0, 0.05) is 30.2 Å². The van der Waals surface area contributed by atoms with Gasteiger partial charge in [0.15, 0.2) is 9.84 Å². The van der Waals surface area contributed by atoms with Gasteiger partial charge >= 0.3 is 0 Å². The number of rotatable bonds is 16. The molecule has 0 saturated carbocycles. The van der Waals surface area contributed by atoms with E-state index in [1.165, 1.54) is 6.08 Å². The quantitative estimate of drug-likeness (QED) is 0.282. The van der Waals surface area contributed by atoms with Crippen molar-refractivity contribution in [1.82, 2.24) is 16.0 Å². The van der Waals surface area contributed by atoms with Crippen LogP contribution in [-0.2, 0) is 32.3 Å². The first-order chi connectivity index (χ1) is 18.9. The van der Waals surface area contributed by atoms with Gasteiger partial charge in [0.2, 0.25) is 11.8 Å². The van der Waals surface area contributed by atoms with Crippen LogP contribution >= 0.6 is 0 Å². The molecule has 0 bridgehead atoms. The summed E-state index contributed by atoms with van der Waals surface area (Å²) in [6, 6.07) is 15.2. The van der Waals surface area contributed by atoms with Crippen molar-refractivity contribution in [1.29, 1.82) is 0 Å². The third-order valence-electron chi connectivity index (χ3n) is 6.31. The highest BCUT2D eigenvalue weighted by molar-refractivity contribution is 7.93. The minimum absolute atomic E-state index is 0.0388. The van der Waals surface area contributed by atoms with Crippen molar-refractivity contribution in [2.24, 2.45) is 5.92 Å². The molecule has 2 aromatic rings. The number of ether oxygens (including phenoxy) is 1. The maximum absolute atomic E-state index is 13.6. The van der Waals surface area contributed by atoms with Crippen LogP contribution in [-0.4, -0.2) is 57.8 Å². The van der Waals surface area contributed by atoms with Crippen molar-refractivity contribution < 1.29 is 22.7 Å². The third kappa shape index (κ3) is 12.8. The van der Waals surface area contributed by atoms with E-state index in [2.05, 4.69) is 29.8 Å². The summed E-state index contributed by atoms with van der Waals surface area (Å²) in [6.07, 6.45) is 4.75. The lowest BCUT2D eigenvalue weighted by molar-refractivity contribution is -0.130. The van der Waals surface area contributed by atoms with Crippen molar-refractivity contribution in [3.05, 3.63) is 77.2 Å². The molecule has 0 aliphatic heterocycles. The minimum Gasteiger partial charge on any atom is -0.497 e. The fourth-order valence-corrected chi connectivity index (χ4v) is 4.68. The number of carbonyl (C=O) groups excluding carboxylic acids is 2. The van der Waals surface area contributed by atoms with Gasteiger partial charge in [-0.25, -0.2) is 8.42 Å². The number of nitrogens with one attached hydrogen (secondary N) is 3. The second-order valence-electron chi connectivity index (χ2n) is 10.9. The fraction of sp³-hybridized carbons (Fsp3) is 0.484. The van der Waals surface area contributed by atoms with Gasteiger partial charge in [-0.1, -0.05) is 76.2 Å². The first-order valence-electron chi connectivity index (χ1n) is 13.8. The Balaban J connectivity index is 2.28. The van der Waals surface area contributed by atoms with E-state index in [0.29, 0.717) is 25.2 Å². The number of hydrogen-bond donors (Lipinski definition) is 3. The van der Waals surface area contributed by atoms with E-state index in [-0.39, 0.29) is 17.9 Å². The Morgan fingerprint density at radius 3 is 1.95 bits per heavy atom. The summed E-state index contributed by atoms with van der Waals surface area (Å²) in [5.41, 5.74) is 1.86. The minimum atomic E-state index is -3.36. The lowest BCUT2D eigenvalue weighted by Crippen LogP contribution is -2.56. The fourth-order valence-electron chi connectivity index (χ4n) is 4.21. The maximum Gasteiger partial charge on any atom is 0.243 e. The van der Waals surface area contributed by atoms with Crippen LogP contribution in [0.5, 0.6) is 5.75 Å². The monoisotopic (exact) mass is 571 g/mol. The molecule has 0 saturated heterocycles. The number of sulfone groups is 1. The Morgan fingerprint density at radius 2 is 1.40 bits per heavy atom. The van der Waals surface area contributed by atoms with E-state index < -0.39 is 28.0 Å². The molecule has 2 rings (SSSR count). The molecule has 0 aliphatic carbocycles. The Labute approximate surface area is 239 Å². The molecule has 8 nitrogen and oxygen atoms in total. The van der Waals surface area contributed by atoms with Gasteiger partial charge in [0.25, 0.3) is 0 Å². The summed E-state index contributed by atoms with van der Waals surface area (Å²) >= 11 is 0. The molecule has 2 aromatic carbocycles. The zero-order valence-electron chi connectivity index (χ0n) is 24.5. The highest BCUT2D eigenvalue weighted by Crippen LogP contribution is 2.14. The van der Waals surface area contributed by atoms with Crippen LogP contribution in [0, 0.1) is 5.92 Å². The molecule has 0 fully saturated rings. The molecule has 0 radical (unpaired) electrons. The number of benzene rings is 2. The molecule has 0 aliphatic rings. The number of methoxy groups -OCH3 is 1. The van der Waals surface area contributed by atoms with Crippen molar-refractivity contribution in [3.63, 3.8) is 0 Å². The number of hydrogen-bond acceptors (Lipinski definition) is 6. The van der Waals surface area contributed by atoms with Crippen molar-refractivity contribution in [2.45, 2.75) is 77.5 Å². The Kier molecular flexibility index (Phi) is 13.4. The predicted octanol–water partition coefficient (Wildman–Crippen LogP) is 3.81. The highest BCUT2D eigenvalue weighted by Gasteiger charge is 2.27. The highest BCUT2D eigenvalue weighted by atomic mass is 32.2. The largest absolute Gasteiger partial charge is 0.497 e. The van der Waals surface area contributed by atoms with E-state index in [0.717, 1.165) is 35.0 Å². The van der Waals surface area contributed by atoms with Crippen LogP contribution in [0.15, 0.2) is 66.1 Å². The van der Waals surface area contributed by atoms with Crippen LogP contribution in [0.3, 0.4) is 0 Å². The molecule has 220 valence electrons. The molecule has 0 aromatic heterocycles. The topological polar surface area (TPSA) is 114 Å². The summed E-state index contributed by atoms with van der Waals surface area (Å²) in [5, 5.41) is 10.4. The average molecular weight is 572 g/mol. The smallest absolute Gasteiger partial charge is 0.243 e. The summed E-state index contributed by atoms with van der Waals surface area (Å²) in [4.78, 5) is 27.2. The van der Waals surface area contributed by atoms with Gasteiger partial charge in [-0.3, -0.25) is 9.59 Å². The Bertz CT molecular complexity index is 1200. The SMILES string of the molecule is COc1ccc(C[C@H](NC(C)C)C(=O)N[C@@H](Cc2ccccc2)C(=O)N[C@H](/C=C/S(C)(=O)=O)CCC(C)C)cc1. The summed E-state index contributed by atoms with van der Waals surface area (Å²) in [6.45, 7) is 8.08. The van der Waals surface area contributed by atoms with Crippen molar-refractivity contribution in [2.75, 3.05) is 13.4 Å². The summed E-state index contributed by atoms with van der Waals surface area (Å²) < 4.78 is 28.8. The second kappa shape index (κ2) is 16.2. The molecule has 40 heavy (non-hydrogen) atoms. The zero-order chi connectivity index (χ0) is 29.7. The van der Waals surface area contributed by atoms with E-state index in [4.69, 9.17) is 4.74 Å². The van der Waals surface area contributed by atoms with Gasteiger partial charge in [-0.05, 0) is 48.4 Å². The second-order valence-corrected chi connectivity index (χ2v) is 12.9. The maximum atomic E-state index is 13.6. The summed E-state index contributed by atoms with van der Waals surface area (Å²) in [7, 11) is -1.75. The molecule has 0 spiro atoms. The van der Waals surface area contributed by atoms with Gasteiger partial charge in [-0.15, -0.1) is 0 Å². The van der Waals surface area contributed by atoms with E-state index in [1.807, 2.05) is 68.4 Å². The van der Waals surface area contributed by atoms with Crippen LogP contribution in [0.25, 0.3) is 0 Å². The first-order valence-corrected chi connectivity index (χ1v) is 15.7. The van der Waals surface area contributed by atoms with Crippen LogP contribution in [0.4, 0.5) is 0 Å². The van der Waals surface area contributed by atoms with Crippen molar-refractivity contribution in [3.8, 4) is 5.75 Å². The van der Waals surface area contributed by atoms with Crippen LogP contribution in [0.1, 0.15) is 51.7 Å². The third-order valence-corrected chi connectivity index (χ3v) is 6.96. The Morgan fingerprint density at radius 1 is 0.825 bits per heavy atom. The predicted molar refractivity (Wildman–Crippen MR) is 161 cm³/mol. The molecule has 9 heteroatoms. The normalized spacial score (nSPS) is 14.2. The molecular weight excluding hydrogens is 526 g/mol. The molecule has 3 N–H and O–H groups in total. The number of carbonyl (C=O) groups is 2. The number of amides is 2. The molecular formula is C31H45N3O5S. The van der Waals surface area contributed by atoms with Gasteiger partial charge in [-0.2, -0.15) is 0 Å². The zero-order valence-corrected chi connectivity index (χ0v) is 25.3. The molecule has 0 heterocycles. The lowest BCUT2D eigenvalue weighted by Gasteiger charge is -2.26. The van der Waals surface area contributed by atoms with Gasteiger partial charge in [0.05, 0.1) is 13.2 Å². The molecule has 2 amide bonds. The molecule has 3 atom stereocenters. The Hall–Kier alpha value is -3.17. The van der Waals surface area contributed by atoms with Gasteiger partial charge < -0.3 is 20.7 Å². The van der Waals surface area contributed by atoms with E-state index in [1.54, 1.807) is 7.11 Å². The van der Waals surface area contributed by atoms with E-state index in [9.17, 15) is 18.0 Å². The van der Waals surface area contributed by atoms with Crippen molar-refractivity contribution >= 4 is 21.7 Å². The van der Waals surface area contributed by atoms with Gasteiger partial charge in [0.1, 0.15) is 11.8 Å². The first kappa shape index (κ1) is 33.0. The summed E-state index contributed by atoms with van der Waals surface area (Å²) in [5.74, 6) is 0.465. The molecule has 0 unspecified atom stereocenters. The lowest BCUT2D eigenvalue weighted by atomic mass is 10.0. The standard InChI is InChI=1S/C31H45N3O5S/c1-22(2)12-15-26(18-19-40(6,37)38)33-30(35)29(20-24-10-8-7-9-11-24)34-31(36)28(32-23(3)4)21-25-13-16-27(39-5)17-14-25/h7-11,13-14,16-19,22-23,26,28-29,32H,12,15,20-21H2,1-6H3,(H,33,35)(H,34,36)/b19-18+/t26-,28-,29-/m0/s1. The van der Waals surface area contributed by atoms with Crippen LogP contribution < -0.4 is 20.7 Å². The van der Waals surface area contributed by atoms with Crippen LogP contribution in [0.2, 0.25) is 0 Å². The average Bonchev–Trinajstić information content (AvgIpc) is 2.89.